The van der Waals surface area contributed by atoms with Crippen molar-refractivity contribution in [1.29, 1.82) is 0 Å². The second-order valence-electron chi connectivity index (χ2n) is 10.4. The van der Waals surface area contributed by atoms with Crippen LogP contribution < -0.4 is 15.5 Å². The molecule has 0 radical (unpaired) electrons. The lowest BCUT2D eigenvalue weighted by Crippen LogP contribution is -2.35. The molecule has 0 aromatic heterocycles. The summed E-state index contributed by atoms with van der Waals surface area (Å²) < 4.78 is 0. The molecule has 0 bridgehead atoms. The van der Waals surface area contributed by atoms with Crippen molar-refractivity contribution < 1.29 is 9.59 Å². The van der Waals surface area contributed by atoms with Crippen LogP contribution in [-0.2, 0) is 0 Å². The van der Waals surface area contributed by atoms with Crippen LogP contribution in [0.3, 0.4) is 0 Å². The van der Waals surface area contributed by atoms with Crippen molar-refractivity contribution >= 4 is 23.2 Å². The number of benzene rings is 4. The third-order valence-electron chi connectivity index (χ3n) is 7.52. The number of carbonyl (C=O) groups is 2. The summed E-state index contributed by atoms with van der Waals surface area (Å²) in [4.78, 5) is 29.0. The fourth-order valence-corrected chi connectivity index (χ4v) is 5.07. The molecule has 0 aliphatic carbocycles. The van der Waals surface area contributed by atoms with Gasteiger partial charge < -0.3 is 15.5 Å². The largest absolute Gasteiger partial charge is 0.371 e. The van der Waals surface area contributed by atoms with Crippen molar-refractivity contribution in [2.24, 2.45) is 5.92 Å². The lowest BCUT2D eigenvalue weighted by atomic mass is 9.97. The van der Waals surface area contributed by atoms with Gasteiger partial charge in [0.25, 0.3) is 11.8 Å². The fraction of sp³-hybridized carbons (Fsp3) is 0.235. The first-order chi connectivity index (χ1) is 19.0. The van der Waals surface area contributed by atoms with Crippen LogP contribution in [0.25, 0.3) is 11.1 Å². The Balaban J connectivity index is 1.37. The van der Waals surface area contributed by atoms with Crippen LogP contribution in [0.1, 0.15) is 59.0 Å². The molecule has 4 aromatic carbocycles. The predicted octanol–water partition coefficient (Wildman–Crippen LogP) is 7.33. The van der Waals surface area contributed by atoms with E-state index in [0.717, 1.165) is 48.3 Å². The number of anilines is 2. The van der Waals surface area contributed by atoms with Gasteiger partial charge >= 0.3 is 0 Å². The molecule has 198 valence electrons. The molecule has 5 nitrogen and oxygen atoms in total. The second kappa shape index (κ2) is 12.0. The maximum absolute atomic E-state index is 13.6. The molecule has 1 heterocycles. The molecule has 39 heavy (non-hydrogen) atoms. The number of nitrogens with one attached hydrogen (secondary N) is 2. The summed E-state index contributed by atoms with van der Waals surface area (Å²) >= 11 is 0. The second-order valence-corrected chi connectivity index (χ2v) is 10.4. The fourth-order valence-electron chi connectivity index (χ4n) is 5.07. The Kier molecular flexibility index (Phi) is 8.07. The van der Waals surface area contributed by atoms with E-state index in [1.165, 1.54) is 0 Å². The Bertz CT molecular complexity index is 1410. The van der Waals surface area contributed by atoms with Gasteiger partial charge in [-0.05, 0) is 72.7 Å². The minimum absolute atomic E-state index is 0.144. The van der Waals surface area contributed by atoms with E-state index in [0.29, 0.717) is 22.7 Å². The number of amides is 2. The van der Waals surface area contributed by atoms with E-state index in [1.54, 1.807) is 6.07 Å². The van der Waals surface area contributed by atoms with Crippen LogP contribution >= 0.6 is 0 Å². The zero-order valence-corrected chi connectivity index (χ0v) is 22.6. The summed E-state index contributed by atoms with van der Waals surface area (Å²) in [6.07, 6.45) is 2.19. The van der Waals surface area contributed by atoms with Gasteiger partial charge in [0.2, 0.25) is 0 Å². The summed E-state index contributed by atoms with van der Waals surface area (Å²) in [5, 5.41) is 6.15. The minimum Gasteiger partial charge on any atom is -0.371 e. The highest BCUT2D eigenvalue weighted by Gasteiger charge is 2.23. The van der Waals surface area contributed by atoms with Crippen molar-refractivity contribution in [2.75, 3.05) is 23.3 Å². The van der Waals surface area contributed by atoms with E-state index in [9.17, 15) is 9.59 Å². The van der Waals surface area contributed by atoms with Crippen molar-refractivity contribution in [3.8, 4) is 11.1 Å². The normalized spacial score (nSPS) is 14.5. The average Bonchev–Trinajstić information content (AvgIpc) is 2.98. The maximum atomic E-state index is 13.6. The van der Waals surface area contributed by atoms with Gasteiger partial charge in [-0.2, -0.15) is 0 Å². The molecular weight excluding hydrogens is 482 g/mol. The van der Waals surface area contributed by atoms with Crippen molar-refractivity contribution in [2.45, 2.75) is 32.7 Å². The number of nitrogens with zero attached hydrogens (tertiary/aromatic N) is 1. The first-order valence-electron chi connectivity index (χ1n) is 13.7. The van der Waals surface area contributed by atoms with Crippen LogP contribution in [0.2, 0.25) is 0 Å². The minimum atomic E-state index is -0.210. The molecule has 1 fully saturated rings. The summed E-state index contributed by atoms with van der Waals surface area (Å²) in [6.45, 7) is 6.09. The molecule has 1 unspecified atom stereocenters. The summed E-state index contributed by atoms with van der Waals surface area (Å²) in [6, 6.07) is 33.1. The van der Waals surface area contributed by atoms with E-state index < -0.39 is 0 Å². The van der Waals surface area contributed by atoms with Crippen LogP contribution in [0.5, 0.6) is 0 Å². The Hall–Kier alpha value is -4.38. The molecule has 0 saturated carbocycles. The quantitative estimate of drug-likeness (QED) is 0.270. The summed E-state index contributed by atoms with van der Waals surface area (Å²) in [5.41, 5.74) is 5.84. The van der Waals surface area contributed by atoms with Crippen molar-refractivity contribution in [3.05, 3.63) is 120 Å². The summed E-state index contributed by atoms with van der Waals surface area (Å²) in [5.74, 6) is 0.324. The third kappa shape index (κ3) is 6.37. The van der Waals surface area contributed by atoms with Crippen LogP contribution in [-0.4, -0.2) is 24.9 Å². The smallest absolute Gasteiger partial charge is 0.255 e. The zero-order valence-electron chi connectivity index (χ0n) is 22.6. The van der Waals surface area contributed by atoms with E-state index in [-0.39, 0.29) is 17.9 Å². The van der Waals surface area contributed by atoms with Gasteiger partial charge in [0.05, 0.1) is 11.6 Å². The number of hydrogen-bond acceptors (Lipinski definition) is 3. The Labute approximate surface area is 230 Å². The molecule has 4 aromatic rings. The lowest BCUT2D eigenvalue weighted by Gasteiger charge is -2.33. The van der Waals surface area contributed by atoms with Gasteiger partial charge in [0.1, 0.15) is 0 Å². The van der Waals surface area contributed by atoms with Gasteiger partial charge in [-0.1, -0.05) is 79.7 Å². The van der Waals surface area contributed by atoms with E-state index in [2.05, 4.69) is 22.5 Å². The SMILES string of the molecule is CC1CCN(c2ccc(NC(=O)c3ccc(-c4ccccc4)cc3)cc2C(=O)NC(C)c2ccccc2)CC1. The van der Waals surface area contributed by atoms with Crippen molar-refractivity contribution in [1.82, 2.24) is 5.32 Å². The highest BCUT2D eigenvalue weighted by molar-refractivity contribution is 6.06. The van der Waals surface area contributed by atoms with E-state index >= 15 is 0 Å². The standard InChI is InChI=1S/C34H35N3O2/c1-24-19-21-37(22-20-24)32-18-17-30(23-31(32)34(39)35-25(2)26-9-5-3-6-10-26)36-33(38)29-15-13-28(14-16-29)27-11-7-4-8-12-27/h3-18,23-25H,19-22H2,1-2H3,(H,35,39)(H,36,38). The summed E-state index contributed by atoms with van der Waals surface area (Å²) in [7, 11) is 0. The molecule has 1 saturated heterocycles. The van der Waals surface area contributed by atoms with Crippen molar-refractivity contribution in [3.63, 3.8) is 0 Å². The molecule has 1 aliphatic rings. The Morgan fingerprint density at radius 1 is 0.769 bits per heavy atom. The number of hydrogen-bond donors (Lipinski definition) is 2. The molecule has 0 spiro atoms. The highest BCUT2D eigenvalue weighted by Crippen LogP contribution is 2.30. The highest BCUT2D eigenvalue weighted by atomic mass is 16.2. The number of piperidine rings is 1. The molecular formula is C34H35N3O2. The van der Waals surface area contributed by atoms with Gasteiger partial charge in [-0.3, -0.25) is 9.59 Å². The van der Waals surface area contributed by atoms with Gasteiger partial charge in [-0.15, -0.1) is 0 Å². The first-order valence-corrected chi connectivity index (χ1v) is 13.7. The Morgan fingerprint density at radius 2 is 1.38 bits per heavy atom. The third-order valence-corrected chi connectivity index (χ3v) is 7.52. The molecule has 2 N–H and O–H groups in total. The monoisotopic (exact) mass is 517 g/mol. The molecule has 2 amide bonds. The average molecular weight is 518 g/mol. The topological polar surface area (TPSA) is 61.4 Å². The van der Waals surface area contributed by atoms with Gasteiger partial charge in [0.15, 0.2) is 0 Å². The van der Waals surface area contributed by atoms with Gasteiger partial charge in [0, 0.05) is 30.0 Å². The van der Waals surface area contributed by atoms with Crippen LogP contribution in [0.15, 0.2) is 103 Å². The maximum Gasteiger partial charge on any atom is 0.255 e. The van der Waals surface area contributed by atoms with Crippen LogP contribution in [0, 0.1) is 5.92 Å². The number of rotatable bonds is 7. The van der Waals surface area contributed by atoms with Crippen LogP contribution in [0.4, 0.5) is 11.4 Å². The predicted molar refractivity (Wildman–Crippen MR) is 159 cm³/mol. The first kappa shape index (κ1) is 26.2. The molecule has 1 aliphatic heterocycles. The number of carbonyl (C=O) groups excluding carboxylic acids is 2. The zero-order chi connectivity index (χ0) is 27.2. The van der Waals surface area contributed by atoms with E-state index in [4.69, 9.17) is 0 Å². The van der Waals surface area contributed by atoms with E-state index in [1.807, 2.05) is 104 Å². The molecule has 5 heteroatoms. The molecule has 1 atom stereocenters. The lowest BCUT2D eigenvalue weighted by molar-refractivity contribution is 0.0939. The Morgan fingerprint density at radius 3 is 2.05 bits per heavy atom. The van der Waals surface area contributed by atoms with Gasteiger partial charge in [-0.25, -0.2) is 0 Å². The molecule has 5 rings (SSSR count).